The van der Waals surface area contributed by atoms with Gasteiger partial charge in [0.05, 0.1) is 4.90 Å². The van der Waals surface area contributed by atoms with E-state index in [1.165, 1.54) is 12.1 Å². The van der Waals surface area contributed by atoms with Gasteiger partial charge in [0, 0.05) is 23.0 Å². The summed E-state index contributed by atoms with van der Waals surface area (Å²) in [6, 6.07) is 13.8. The molecule has 2 aromatic carbocycles. The van der Waals surface area contributed by atoms with Gasteiger partial charge >= 0.3 is 5.97 Å². The molecule has 4 aromatic rings. The van der Waals surface area contributed by atoms with Crippen LogP contribution < -0.4 is 0 Å². The summed E-state index contributed by atoms with van der Waals surface area (Å²) in [6.07, 6.45) is 1.33. The molecule has 0 aliphatic heterocycles. The molecular formula is C22H20N2O5S. The standard InChI is InChI=1S/C22H20N2O5S/c1-14-8-9-20-18(10-14)17(15(2)24(20)12-21(25)26)11-19-22(29-13-23-19)30(27,28)16-6-4-3-5-7-16/h3-10,13H,11-12H2,1-2H3,(H,25,26). The lowest BCUT2D eigenvalue weighted by atomic mass is 10.0. The molecule has 0 saturated heterocycles. The zero-order valence-electron chi connectivity index (χ0n) is 16.5. The molecule has 2 heterocycles. The van der Waals surface area contributed by atoms with E-state index in [0.717, 1.165) is 34.1 Å². The molecule has 0 aliphatic carbocycles. The minimum Gasteiger partial charge on any atom is -0.480 e. The topological polar surface area (TPSA) is 102 Å². The summed E-state index contributed by atoms with van der Waals surface area (Å²) in [5.74, 6) is -0.948. The Bertz CT molecular complexity index is 1350. The van der Waals surface area contributed by atoms with Crippen molar-refractivity contribution in [3.63, 3.8) is 0 Å². The van der Waals surface area contributed by atoms with E-state index < -0.39 is 15.8 Å². The van der Waals surface area contributed by atoms with Crippen LogP contribution in [-0.2, 0) is 27.6 Å². The van der Waals surface area contributed by atoms with Gasteiger partial charge in [-0.05, 0) is 43.7 Å². The summed E-state index contributed by atoms with van der Waals surface area (Å²) in [7, 11) is -3.86. The van der Waals surface area contributed by atoms with Crippen molar-refractivity contribution in [3.05, 3.63) is 77.4 Å². The van der Waals surface area contributed by atoms with Crippen LogP contribution in [0.15, 0.2) is 69.3 Å². The first-order valence-corrected chi connectivity index (χ1v) is 10.8. The Morgan fingerprint density at radius 2 is 1.87 bits per heavy atom. The lowest BCUT2D eigenvalue weighted by Gasteiger charge is -2.06. The third kappa shape index (κ3) is 3.39. The fraction of sp³-hybridized carbons (Fsp3) is 0.182. The first kappa shape index (κ1) is 19.9. The number of rotatable bonds is 6. The van der Waals surface area contributed by atoms with Crippen molar-refractivity contribution >= 4 is 26.7 Å². The Morgan fingerprint density at radius 1 is 1.13 bits per heavy atom. The first-order chi connectivity index (χ1) is 14.3. The predicted molar refractivity (Wildman–Crippen MR) is 110 cm³/mol. The number of aliphatic carboxylic acids is 1. The molecule has 2 aromatic heterocycles. The van der Waals surface area contributed by atoms with Gasteiger partial charge in [0.2, 0.25) is 14.9 Å². The number of hydrogen-bond acceptors (Lipinski definition) is 5. The Hall–Kier alpha value is -3.39. The molecule has 30 heavy (non-hydrogen) atoms. The summed E-state index contributed by atoms with van der Waals surface area (Å²) < 4.78 is 33.1. The maximum absolute atomic E-state index is 13.0. The van der Waals surface area contributed by atoms with E-state index >= 15 is 0 Å². The third-order valence-corrected chi connectivity index (χ3v) is 6.86. The fourth-order valence-electron chi connectivity index (χ4n) is 3.70. The monoisotopic (exact) mass is 424 g/mol. The van der Waals surface area contributed by atoms with Gasteiger partial charge in [-0.15, -0.1) is 0 Å². The number of hydrogen-bond donors (Lipinski definition) is 1. The van der Waals surface area contributed by atoms with Crippen molar-refractivity contribution in [2.24, 2.45) is 0 Å². The Balaban J connectivity index is 1.84. The molecule has 0 unspecified atom stereocenters. The van der Waals surface area contributed by atoms with E-state index in [1.807, 2.05) is 32.0 Å². The lowest BCUT2D eigenvalue weighted by Crippen LogP contribution is -2.10. The van der Waals surface area contributed by atoms with Gasteiger partial charge < -0.3 is 14.1 Å². The number of aryl methyl sites for hydroxylation is 1. The number of fused-ring (bicyclic) bond motifs is 1. The highest BCUT2D eigenvalue weighted by Gasteiger charge is 2.27. The van der Waals surface area contributed by atoms with Crippen LogP contribution in [0.25, 0.3) is 10.9 Å². The Labute approximate surface area is 173 Å². The molecule has 0 spiro atoms. The molecule has 154 valence electrons. The van der Waals surface area contributed by atoms with Gasteiger partial charge in [-0.3, -0.25) is 4.79 Å². The van der Waals surface area contributed by atoms with Crippen LogP contribution in [0.2, 0.25) is 0 Å². The normalized spacial score (nSPS) is 11.8. The molecular weight excluding hydrogens is 404 g/mol. The summed E-state index contributed by atoms with van der Waals surface area (Å²) >= 11 is 0. The van der Waals surface area contributed by atoms with Crippen molar-refractivity contribution in [1.82, 2.24) is 9.55 Å². The molecule has 0 bridgehead atoms. The minimum absolute atomic E-state index is 0.129. The Kier molecular flexibility index (Phi) is 4.95. The predicted octanol–water partition coefficient (Wildman–Crippen LogP) is 3.75. The third-order valence-electron chi connectivity index (χ3n) is 5.15. The van der Waals surface area contributed by atoms with Gasteiger partial charge in [-0.1, -0.05) is 29.8 Å². The molecule has 0 amide bonds. The van der Waals surface area contributed by atoms with Crippen molar-refractivity contribution in [3.8, 4) is 0 Å². The van der Waals surface area contributed by atoms with Gasteiger partial charge in [-0.25, -0.2) is 13.4 Å². The van der Waals surface area contributed by atoms with E-state index in [-0.39, 0.29) is 28.6 Å². The number of aromatic nitrogens is 2. The number of carboxylic acids is 1. The maximum atomic E-state index is 13.0. The maximum Gasteiger partial charge on any atom is 0.323 e. The molecule has 0 atom stereocenters. The van der Waals surface area contributed by atoms with Crippen LogP contribution in [0, 0.1) is 13.8 Å². The van der Waals surface area contributed by atoms with E-state index in [2.05, 4.69) is 4.98 Å². The number of carboxylic acid groups (broad SMARTS) is 1. The highest BCUT2D eigenvalue weighted by atomic mass is 32.2. The van der Waals surface area contributed by atoms with E-state index in [4.69, 9.17) is 4.42 Å². The SMILES string of the molecule is Cc1ccc2c(c1)c(Cc1ncoc1S(=O)(=O)c1ccccc1)c(C)n2CC(=O)O. The zero-order chi connectivity index (χ0) is 21.5. The van der Waals surface area contributed by atoms with Gasteiger partial charge in [0.25, 0.3) is 0 Å². The Morgan fingerprint density at radius 3 is 2.57 bits per heavy atom. The molecule has 0 fully saturated rings. The van der Waals surface area contributed by atoms with Crippen LogP contribution in [0.1, 0.15) is 22.5 Å². The molecule has 7 nitrogen and oxygen atoms in total. The molecule has 4 rings (SSSR count). The highest BCUT2D eigenvalue weighted by molar-refractivity contribution is 7.91. The summed E-state index contributed by atoms with van der Waals surface area (Å²) in [6.45, 7) is 3.60. The van der Waals surface area contributed by atoms with E-state index in [1.54, 1.807) is 22.8 Å². The van der Waals surface area contributed by atoms with Crippen LogP contribution in [0.4, 0.5) is 0 Å². The van der Waals surface area contributed by atoms with Crippen molar-refractivity contribution in [1.29, 1.82) is 0 Å². The average Bonchev–Trinajstić information content (AvgIpc) is 3.28. The number of nitrogens with zero attached hydrogens (tertiary/aromatic N) is 2. The molecule has 1 N–H and O–H groups in total. The van der Waals surface area contributed by atoms with Crippen LogP contribution in [0.3, 0.4) is 0 Å². The smallest absolute Gasteiger partial charge is 0.323 e. The highest BCUT2D eigenvalue weighted by Crippen LogP contribution is 2.31. The van der Waals surface area contributed by atoms with Gasteiger partial charge in [-0.2, -0.15) is 0 Å². The second-order valence-corrected chi connectivity index (χ2v) is 8.99. The number of benzene rings is 2. The van der Waals surface area contributed by atoms with Crippen LogP contribution in [-0.4, -0.2) is 29.0 Å². The lowest BCUT2D eigenvalue weighted by molar-refractivity contribution is -0.137. The van der Waals surface area contributed by atoms with Crippen molar-refractivity contribution < 1.29 is 22.7 Å². The number of oxazole rings is 1. The van der Waals surface area contributed by atoms with Gasteiger partial charge in [0.15, 0.2) is 6.39 Å². The minimum atomic E-state index is -3.86. The quantitative estimate of drug-likeness (QED) is 0.506. The summed E-state index contributed by atoms with van der Waals surface area (Å²) in [4.78, 5) is 15.7. The van der Waals surface area contributed by atoms with E-state index in [0.29, 0.717) is 0 Å². The van der Waals surface area contributed by atoms with E-state index in [9.17, 15) is 18.3 Å². The molecule has 0 aliphatic rings. The van der Waals surface area contributed by atoms with Crippen LogP contribution >= 0.6 is 0 Å². The molecule has 8 heteroatoms. The van der Waals surface area contributed by atoms with Crippen molar-refractivity contribution in [2.45, 2.75) is 36.8 Å². The summed E-state index contributed by atoms with van der Waals surface area (Å²) in [5.41, 5.74) is 3.68. The molecule has 0 saturated carbocycles. The fourth-order valence-corrected chi connectivity index (χ4v) is 5.03. The van der Waals surface area contributed by atoms with Crippen LogP contribution in [0.5, 0.6) is 0 Å². The zero-order valence-corrected chi connectivity index (χ0v) is 17.3. The summed E-state index contributed by atoms with van der Waals surface area (Å²) in [5, 5.41) is 10.0. The first-order valence-electron chi connectivity index (χ1n) is 9.31. The number of sulfone groups is 1. The second-order valence-electron chi connectivity index (χ2n) is 7.14. The molecule has 0 radical (unpaired) electrons. The average molecular weight is 424 g/mol. The van der Waals surface area contributed by atoms with Gasteiger partial charge in [0.1, 0.15) is 12.2 Å². The second kappa shape index (κ2) is 7.46. The largest absolute Gasteiger partial charge is 0.480 e. The number of carbonyl (C=O) groups is 1. The van der Waals surface area contributed by atoms with Crippen molar-refractivity contribution in [2.75, 3.05) is 0 Å².